The van der Waals surface area contributed by atoms with Gasteiger partial charge < -0.3 is 25.4 Å². The van der Waals surface area contributed by atoms with Gasteiger partial charge in [0.25, 0.3) is 0 Å². The van der Waals surface area contributed by atoms with E-state index in [0.717, 1.165) is 24.0 Å². The standard InChI is InChI=1S/C25H28ClN3O5/c26-21-3-1-2-4-22(21)28-24(32)27-19-8-7-18-15-29(12-11-17(18)14-19)25(33)34-20-9-5-16(6-10-20)13-23(30)31/h1-4,7-8,14,16,20H,5-6,9-13,15H2,(H,30,31)(H2,27,28,32). The van der Waals surface area contributed by atoms with Crippen molar-refractivity contribution < 1.29 is 24.2 Å². The maximum Gasteiger partial charge on any atom is 0.410 e. The molecule has 3 N–H and O–H groups in total. The van der Waals surface area contributed by atoms with Gasteiger partial charge in [-0.1, -0.05) is 29.8 Å². The summed E-state index contributed by atoms with van der Waals surface area (Å²) < 4.78 is 5.71. The molecule has 0 unspecified atom stereocenters. The Morgan fingerprint density at radius 3 is 2.53 bits per heavy atom. The summed E-state index contributed by atoms with van der Waals surface area (Å²) in [5.41, 5.74) is 3.29. The van der Waals surface area contributed by atoms with Crippen molar-refractivity contribution in [3.8, 4) is 0 Å². The highest BCUT2D eigenvalue weighted by Gasteiger charge is 2.28. The predicted molar refractivity (Wildman–Crippen MR) is 129 cm³/mol. The van der Waals surface area contributed by atoms with Gasteiger partial charge in [0.05, 0.1) is 10.7 Å². The first-order valence-electron chi connectivity index (χ1n) is 11.5. The number of benzene rings is 2. The Bertz CT molecular complexity index is 1070. The van der Waals surface area contributed by atoms with Crippen molar-refractivity contribution in [1.29, 1.82) is 0 Å². The Kier molecular flexibility index (Phi) is 7.57. The van der Waals surface area contributed by atoms with E-state index in [0.29, 0.717) is 48.7 Å². The van der Waals surface area contributed by atoms with Gasteiger partial charge in [0, 0.05) is 25.2 Å². The van der Waals surface area contributed by atoms with E-state index in [4.69, 9.17) is 21.4 Å². The molecule has 1 fully saturated rings. The number of nitrogens with zero attached hydrogens (tertiary/aromatic N) is 1. The molecule has 180 valence electrons. The highest BCUT2D eigenvalue weighted by Crippen LogP contribution is 2.30. The highest BCUT2D eigenvalue weighted by atomic mass is 35.5. The first-order chi connectivity index (χ1) is 16.4. The number of carboxylic acid groups (broad SMARTS) is 1. The Balaban J connectivity index is 1.28. The zero-order valence-electron chi connectivity index (χ0n) is 18.8. The van der Waals surface area contributed by atoms with Crippen LogP contribution in [0.4, 0.5) is 21.0 Å². The van der Waals surface area contributed by atoms with Crippen LogP contribution in [0.15, 0.2) is 42.5 Å². The molecule has 0 atom stereocenters. The molecule has 0 aromatic heterocycles. The van der Waals surface area contributed by atoms with Gasteiger partial charge in [-0.25, -0.2) is 9.59 Å². The summed E-state index contributed by atoms with van der Waals surface area (Å²) >= 11 is 6.08. The zero-order chi connectivity index (χ0) is 24.1. The maximum absolute atomic E-state index is 12.7. The quantitative estimate of drug-likeness (QED) is 0.517. The van der Waals surface area contributed by atoms with Crippen molar-refractivity contribution in [2.24, 2.45) is 5.92 Å². The molecule has 2 aromatic rings. The second-order valence-electron chi connectivity index (χ2n) is 8.84. The lowest BCUT2D eigenvalue weighted by molar-refractivity contribution is -0.138. The van der Waals surface area contributed by atoms with E-state index in [2.05, 4.69) is 10.6 Å². The monoisotopic (exact) mass is 485 g/mol. The molecule has 8 nitrogen and oxygen atoms in total. The normalized spacial score (nSPS) is 19.6. The molecular weight excluding hydrogens is 458 g/mol. The number of ether oxygens (including phenoxy) is 1. The fourth-order valence-corrected chi connectivity index (χ4v) is 4.73. The van der Waals surface area contributed by atoms with Crippen LogP contribution in [0.1, 0.15) is 43.2 Å². The van der Waals surface area contributed by atoms with Crippen LogP contribution in [-0.2, 0) is 22.5 Å². The lowest BCUT2D eigenvalue weighted by Gasteiger charge is -2.32. The van der Waals surface area contributed by atoms with E-state index in [9.17, 15) is 14.4 Å². The van der Waals surface area contributed by atoms with Crippen LogP contribution in [0.5, 0.6) is 0 Å². The predicted octanol–water partition coefficient (Wildman–Crippen LogP) is 5.51. The summed E-state index contributed by atoms with van der Waals surface area (Å²) in [7, 11) is 0. The number of hydrogen-bond acceptors (Lipinski definition) is 4. The molecule has 1 aliphatic carbocycles. The first-order valence-corrected chi connectivity index (χ1v) is 11.9. The molecule has 3 amide bonds. The molecule has 0 saturated heterocycles. The number of anilines is 2. The summed E-state index contributed by atoms with van der Waals surface area (Å²) in [4.78, 5) is 37.6. The van der Waals surface area contributed by atoms with Gasteiger partial charge in [0.1, 0.15) is 6.10 Å². The fourth-order valence-electron chi connectivity index (χ4n) is 4.55. The van der Waals surface area contributed by atoms with E-state index in [-0.39, 0.29) is 30.6 Å². The van der Waals surface area contributed by atoms with Crippen molar-refractivity contribution in [2.75, 3.05) is 17.2 Å². The summed E-state index contributed by atoms with van der Waals surface area (Å²) in [5.74, 6) is -0.601. The third-order valence-corrected chi connectivity index (χ3v) is 6.71. The molecular formula is C25H28ClN3O5. The minimum absolute atomic E-state index is 0.151. The number of rotatable bonds is 5. The van der Waals surface area contributed by atoms with Crippen LogP contribution in [0.3, 0.4) is 0 Å². The average Bonchev–Trinajstić information content (AvgIpc) is 2.81. The van der Waals surface area contributed by atoms with Crippen LogP contribution in [0, 0.1) is 5.92 Å². The van der Waals surface area contributed by atoms with Crippen LogP contribution in [-0.4, -0.2) is 40.7 Å². The molecule has 9 heteroatoms. The van der Waals surface area contributed by atoms with E-state index in [1.807, 2.05) is 18.2 Å². The Labute approximate surface area is 203 Å². The highest BCUT2D eigenvalue weighted by molar-refractivity contribution is 6.33. The molecule has 0 spiro atoms. The lowest BCUT2D eigenvalue weighted by Crippen LogP contribution is -2.39. The van der Waals surface area contributed by atoms with Crippen molar-refractivity contribution in [3.05, 3.63) is 58.6 Å². The minimum Gasteiger partial charge on any atom is -0.481 e. The number of aliphatic carboxylic acids is 1. The third-order valence-electron chi connectivity index (χ3n) is 6.38. The smallest absolute Gasteiger partial charge is 0.410 e. The van der Waals surface area contributed by atoms with E-state index >= 15 is 0 Å². The van der Waals surface area contributed by atoms with Gasteiger partial charge in [-0.15, -0.1) is 0 Å². The number of carboxylic acids is 1. The lowest BCUT2D eigenvalue weighted by atomic mass is 9.85. The Morgan fingerprint density at radius 2 is 1.79 bits per heavy atom. The maximum atomic E-state index is 12.7. The van der Waals surface area contributed by atoms with E-state index < -0.39 is 5.97 Å². The van der Waals surface area contributed by atoms with Crippen LogP contribution in [0.2, 0.25) is 5.02 Å². The Morgan fingerprint density at radius 1 is 1.03 bits per heavy atom. The third kappa shape index (κ3) is 6.20. The van der Waals surface area contributed by atoms with Crippen LogP contribution in [0.25, 0.3) is 0 Å². The van der Waals surface area contributed by atoms with Crippen LogP contribution >= 0.6 is 11.6 Å². The number of para-hydroxylation sites is 1. The number of carbonyl (C=O) groups excluding carboxylic acids is 2. The van der Waals surface area contributed by atoms with E-state index in [1.165, 1.54) is 0 Å². The second-order valence-corrected chi connectivity index (χ2v) is 9.25. The number of amides is 3. The molecule has 2 aliphatic rings. The Hall–Kier alpha value is -3.26. The molecule has 1 heterocycles. The number of hydrogen-bond donors (Lipinski definition) is 3. The summed E-state index contributed by atoms with van der Waals surface area (Å²) in [6.45, 7) is 0.990. The molecule has 2 aromatic carbocycles. The van der Waals surface area contributed by atoms with Crippen molar-refractivity contribution in [1.82, 2.24) is 4.90 Å². The van der Waals surface area contributed by atoms with Gasteiger partial charge in [-0.05, 0) is 73.4 Å². The molecule has 0 bridgehead atoms. The van der Waals surface area contributed by atoms with Gasteiger partial charge in [0.15, 0.2) is 0 Å². The summed E-state index contributed by atoms with van der Waals surface area (Å²) in [6.07, 6.45) is 3.33. The summed E-state index contributed by atoms with van der Waals surface area (Å²) in [5, 5.41) is 14.9. The minimum atomic E-state index is -0.771. The molecule has 4 rings (SSSR count). The first kappa shape index (κ1) is 23.9. The van der Waals surface area contributed by atoms with Crippen molar-refractivity contribution in [2.45, 2.75) is 51.2 Å². The van der Waals surface area contributed by atoms with Gasteiger partial charge in [0.2, 0.25) is 0 Å². The average molecular weight is 486 g/mol. The topological polar surface area (TPSA) is 108 Å². The number of nitrogens with one attached hydrogen (secondary N) is 2. The molecule has 34 heavy (non-hydrogen) atoms. The number of urea groups is 1. The SMILES string of the molecule is O=C(O)CC1CCC(OC(=O)N2CCc3cc(NC(=O)Nc4ccccc4Cl)ccc3C2)CC1. The van der Waals surface area contributed by atoms with Crippen molar-refractivity contribution in [3.63, 3.8) is 0 Å². The van der Waals surface area contributed by atoms with Crippen molar-refractivity contribution >= 4 is 41.1 Å². The molecule has 0 radical (unpaired) electrons. The fraction of sp³-hybridized carbons (Fsp3) is 0.400. The van der Waals surface area contributed by atoms with Gasteiger partial charge >= 0.3 is 18.1 Å². The summed E-state index contributed by atoms with van der Waals surface area (Å²) in [6, 6.07) is 12.3. The zero-order valence-corrected chi connectivity index (χ0v) is 19.5. The van der Waals surface area contributed by atoms with Gasteiger partial charge in [-0.3, -0.25) is 4.79 Å². The molecule has 1 aliphatic heterocycles. The largest absolute Gasteiger partial charge is 0.481 e. The second kappa shape index (κ2) is 10.8. The van der Waals surface area contributed by atoms with Crippen LogP contribution < -0.4 is 10.6 Å². The number of halogens is 1. The number of fused-ring (bicyclic) bond motifs is 1. The number of carbonyl (C=O) groups is 3. The van der Waals surface area contributed by atoms with Gasteiger partial charge in [-0.2, -0.15) is 0 Å². The van der Waals surface area contributed by atoms with E-state index in [1.54, 1.807) is 29.2 Å². The molecule has 1 saturated carbocycles.